The molecule has 1 heterocycles. The number of nitrogens with two attached hydrogens (primary N) is 1. The molecule has 4 N–H and O–H groups in total. The Hall–Kier alpha value is -2.75. The van der Waals surface area contributed by atoms with Crippen molar-refractivity contribution in [2.75, 3.05) is 44.8 Å². The summed E-state index contributed by atoms with van der Waals surface area (Å²) in [6, 6.07) is 13.3. The number of aliphatic hydroxyl groups excluding tert-OH is 1. The number of carboxylic acid groups (broad SMARTS) is 1. The van der Waals surface area contributed by atoms with Crippen LogP contribution in [0.1, 0.15) is 45.1 Å². The van der Waals surface area contributed by atoms with Crippen LogP contribution >= 0.6 is 0 Å². The van der Waals surface area contributed by atoms with Crippen molar-refractivity contribution >= 4 is 31.8 Å². The van der Waals surface area contributed by atoms with Crippen molar-refractivity contribution < 1.29 is 36.6 Å². The molecule has 0 unspecified atom stereocenters. The topological polar surface area (TPSA) is 182 Å². The Morgan fingerprint density at radius 1 is 1.11 bits per heavy atom. The fourth-order valence-corrected chi connectivity index (χ4v) is 7.64. The number of anilines is 1. The highest BCUT2D eigenvalue weighted by Gasteiger charge is 2.38. The number of nitrogens with one attached hydrogen (secondary N) is 1. The van der Waals surface area contributed by atoms with Crippen molar-refractivity contribution in [3.63, 3.8) is 0 Å². The molecule has 0 spiro atoms. The van der Waals surface area contributed by atoms with Gasteiger partial charge in [0.2, 0.25) is 20.0 Å². The van der Waals surface area contributed by atoms with E-state index in [9.17, 15) is 31.8 Å². The fourth-order valence-electron chi connectivity index (χ4n) is 5.48. The molecular weight excluding hydrogens is 608 g/mol. The molecule has 0 saturated carbocycles. The fraction of sp³-hybridized carbons (Fsp3) is 0.567. The predicted molar refractivity (Wildman–Crippen MR) is 166 cm³/mol. The summed E-state index contributed by atoms with van der Waals surface area (Å²) in [7, 11) is -7.46. The van der Waals surface area contributed by atoms with Crippen LogP contribution in [0.15, 0.2) is 59.5 Å². The zero-order valence-corrected chi connectivity index (χ0v) is 27.2. The van der Waals surface area contributed by atoms with E-state index >= 15 is 0 Å². The van der Waals surface area contributed by atoms with Crippen LogP contribution in [0.2, 0.25) is 0 Å². The van der Waals surface area contributed by atoms with E-state index in [2.05, 4.69) is 4.72 Å². The third-order valence-electron chi connectivity index (χ3n) is 7.76. The largest absolute Gasteiger partial charge is 0.530 e. The van der Waals surface area contributed by atoms with Crippen LogP contribution in [0.5, 0.6) is 0 Å². The number of carbonyl (C=O) groups is 1. The van der Waals surface area contributed by atoms with Gasteiger partial charge in [0, 0.05) is 31.9 Å². The van der Waals surface area contributed by atoms with Crippen molar-refractivity contribution in [1.82, 2.24) is 13.9 Å². The molecule has 1 aliphatic rings. The van der Waals surface area contributed by atoms with Gasteiger partial charge in [-0.05, 0) is 60.9 Å². The lowest BCUT2D eigenvalue weighted by Crippen LogP contribution is -2.59. The van der Waals surface area contributed by atoms with E-state index in [1.165, 1.54) is 28.6 Å². The Morgan fingerprint density at radius 2 is 1.77 bits per heavy atom. The van der Waals surface area contributed by atoms with Gasteiger partial charge in [0.1, 0.15) is 6.09 Å². The summed E-state index contributed by atoms with van der Waals surface area (Å²) in [6.07, 6.45) is 0.551. The average Bonchev–Trinajstić information content (AvgIpc) is 3.46. The van der Waals surface area contributed by atoms with Gasteiger partial charge >= 0.3 is 0 Å². The lowest BCUT2D eigenvalue weighted by Gasteiger charge is -2.42. The quantitative estimate of drug-likeness (QED) is 0.168. The van der Waals surface area contributed by atoms with Crippen LogP contribution in [-0.2, 0) is 31.2 Å². The molecule has 1 fully saturated rings. The summed E-state index contributed by atoms with van der Waals surface area (Å²) in [5, 5.41) is 24.2. The van der Waals surface area contributed by atoms with Gasteiger partial charge in [-0.15, -0.1) is 0 Å². The summed E-state index contributed by atoms with van der Waals surface area (Å²) in [5.41, 5.74) is 6.39. The molecule has 1 amide bonds. The third-order valence-corrected chi connectivity index (χ3v) is 10.3. The number of carbonyl (C=O) groups excluding carboxylic acids is 1. The van der Waals surface area contributed by atoms with Gasteiger partial charge in [0.15, 0.2) is 0 Å². The highest BCUT2D eigenvalue weighted by molar-refractivity contribution is 7.89. The van der Waals surface area contributed by atoms with Gasteiger partial charge in [0.25, 0.3) is 0 Å². The molecule has 0 aromatic heterocycles. The molecular formula is C30H45N4O8S2-. The second-order valence-electron chi connectivity index (χ2n) is 12.2. The molecule has 12 nitrogen and oxygen atoms in total. The Balaban J connectivity index is 1.91. The molecule has 3 rings (SSSR count). The molecule has 1 saturated heterocycles. The van der Waals surface area contributed by atoms with E-state index in [1.54, 1.807) is 0 Å². The number of benzene rings is 2. The van der Waals surface area contributed by atoms with E-state index in [4.69, 9.17) is 10.5 Å². The van der Waals surface area contributed by atoms with Crippen molar-refractivity contribution in [2.45, 2.75) is 69.0 Å². The van der Waals surface area contributed by atoms with Crippen molar-refractivity contribution in [3.05, 3.63) is 60.2 Å². The van der Waals surface area contributed by atoms with Crippen LogP contribution in [0.3, 0.4) is 0 Å². The number of nitrogens with zero attached hydrogens (tertiary/aromatic N) is 2. The number of hydrogen-bond acceptors (Lipinski definition) is 9. The second kappa shape index (κ2) is 15.5. The van der Waals surface area contributed by atoms with Gasteiger partial charge in [-0.2, -0.15) is 4.31 Å². The van der Waals surface area contributed by atoms with Crippen molar-refractivity contribution in [2.24, 2.45) is 5.41 Å². The van der Waals surface area contributed by atoms with Crippen LogP contribution in [0.25, 0.3) is 0 Å². The number of hydrogen-bond donors (Lipinski definition) is 3. The zero-order valence-electron chi connectivity index (χ0n) is 25.6. The lowest BCUT2D eigenvalue weighted by atomic mass is 9.87. The van der Waals surface area contributed by atoms with Crippen molar-refractivity contribution in [3.8, 4) is 0 Å². The molecule has 3 atom stereocenters. The third kappa shape index (κ3) is 10.7. The Bertz CT molecular complexity index is 1410. The van der Waals surface area contributed by atoms with Crippen LogP contribution < -0.4 is 15.6 Å². The van der Waals surface area contributed by atoms with E-state index in [0.29, 0.717) is 38.0 Å². The van der Waals surface area contributed by atoms with E-state index < -0.39 is 49.7 Å². The Labute approximate surface area is 261 Å². The van der Waals surface area contributed by atoms with Gasteiger partial charge in [0.05, 0.1) is 35.9 Å². The molecule has 0 aliphatic carbocycles. The number of nitrogen functional groups attached to an aromatic ring is 1. The zero-order chi connectivity index (χ0) is 32.5. The number of sulfonamides is 2. The molecule has 0 radical (unpaired) electrons. The summed E-state index contributed by atoms with van der Waals surface area (Å²) < 4.78 is 59.9. The number of amides is 1. The molecule has 0 bridgehead atoms. The SMILES string of the molecule is CC(C)(CCCCNS(C)(=O)=O)CN(C[C@@H](O)[C@H](Cc1ccccc1)N(C(=O)[O-])[C@H]1CCOC1)S(=O)(=O)c1ccc(N)cc1. The molecule has 2 aromatic rings. The summed E-state index contributed by atoms with van der Waals surface area (Å²) in [6.45, 7) is 4.24. The molecule has 14 heteroatoms. The van der Waals surface area contributed by atoms with Gasteiger partial charge in [-0.25, -0.2) is 21.6 Å². The maximum atomic E-state index is 14.0. The maximum Gasteiger partial charge on any atom is 0.243 e. The van der Waals surface area contributed by atoms with Gasteiger partial charge < -0.3 is 30.4 Å². The summed E-state index contributed by atoms with van der Waals surface area (Å²) >= 11 is 0. The Kier molecular flexibility index (Phi) is 12.6. The summed E-state index contributed by atoms with van der Waals surface area (Å²) in [4.78, 5) is 13.6. The Morgan fingerprint density at radius 3 is 2.34 bits per heavy atom. The first-order valence-corrected chi connectivity index (χ1v) is 18.0. The minimum atomic E-state index is -4.15. The van der Waals surface area contributed by atoms with Crippen LogP contribution in [-0.4, -0.2) is 94.5 Å². The average molecular weight is 654 g/mol. The highest BCUT2D eigenvalue weighted by Crippen LogP contribution is 2.30. The van der Waals surface area contributed by atoms with Crippen molar-refractivity contribution in [1.29, 1.82) is 0 Å². The van der Waals surface area contributed by atoms with E-state index in [-0.39, 0.29) is 37.6 Å². The van der Waals surface area contributed by atoms with E-state index in [0.717, 1.165) is 16.7 Å². The first kappa shape index (κ1) is 35.7. The maximum absolute atomic E-state index is 14.0. The number of rotatable bonds is 17. The smallest absolute Gasteiger partial charge is 0.243 e. The van der Waals surface area contributed by atoms with Gasteiger partial charge in [-0.1, -0.05) is 50.6 Å². The van der Waals surface area contributed by atoms with E-state index in [1.807, 2.05) is 44.2 Å². The minimum absolute atomic E-state index is 0.00684. The normalized spacial score (nSPS) is 17.4. The molecule has 44 heavy (non-hydrogen) atoms. The first-order chi connectivity index (χ1) is 20.6. The predicted octanol–water partition coefficient (Wildman–Crippen LogP) is 1.41. The standard InChI is InChI=1S/C30H46N4O8S2/c1-30(2,16-7-8-17-32-43(3,38)39)22-33(44(40,41)26-13-11-24(31)12-14-26)20-28(35)27(19-23-9-5-4-6-10-23)34(29(36)37)25-15-18-42-21-25/h4-6,9-14,25,27-28,32,35H,7-8,15-22,31H2,1-3H3,(H,36,37)/p-1/t25-,27-,28+/m0/s1. The van der Waals surface area contributed by atoms with Gasteiger partial charge in [-0.3, -0.25) is 0 Å². The monoisotopic (exact) mass is 653 g/mol. The van der Waals surface area contributed by atoms with Crippen LogP contribution in [0.4, 0.5) is 10.5 Å². The van der Waals surface area contributed by atoms with Crippen LogP contribution in [0, 0.1) is 5.41 Å². The number of ether oxygens (including phenoxy) is 1. The first-order valence-electron chi connectivity index (χ1n) is 14.7. The number of unbranched alkanes of at least 4 members (excludes halogenated alkanes) is 1. The minimum Gasteiger partial charge on any atom is -0.530 e. The number of aliphatic hydroxyl groups is 1. The molecule has 2 aromatic carbocycles. The highest BCUT2D eigenvalue weighted by atomic mass is 32.2. The second-order valence-corrected chi connectivity index (χ2v) is 15.9. The molecule has 1 aliphatic heterocycles. The lowest BCUT2D eigenvalue weighted by molar-refractivity contribution is -0.272. The molecule has 246 valence electrons. The summed E-state index contributed by atoms with van der Waals surface area (Å²) in [5.74, 6) is 0.